The van der Waals surface area contributed by atoms with Crippen LogP contribution < -0.4 is 21.3 Å². The Balaban J connectivity index is 1.37. The maximum absolute atomic E-state index is 13.6. The predicted molar refractivity (Wildman–Crippen MR) is 360 cm³/mol. The van der Waals surface area contributed by atoms with Gasteiger partial charge in [-0.1, -0.05) is 0 Å². The Morgan fingerprint density at radius 2 is 0.458 bits per heavy atom. The number of hydrogen-bond donors (Lipinski definition) is 4. The van der Waals surface area contributed by atoms with Crippen molar-refractivity contribution >= 4 is 77.0 Å². The third-order valence-electron chi connectivity index (χ3n) is 14.2. The zero-order chi connectivity index (χ0) is 77.5. The molecule has 0 radical (unpaired) electrons. The summed E-state index contributed by atoms with van der Waals surface area (Å²) < 4.78 is 99.6. The fourth-order valence-electron chi connectivity index (χ4n) is 8.74. The van der Waals surface area contributed by atoms with Crippen LogP contribution in [-0.4, -0.2) is 356 Å². The van der Waals surface area contributed by atoms with Gasteiger partial charge in [0.1, 0.15) is 5.54 Å². The van der Waals surface area contributed by atoms with Crippen molar-refractivity contribution in [3.05, 3.63) is 0 Å². The van der Waals surface area contributed by atoms with Gasteiger partial charge in [-0.15, -0.1) is 15.2 Å². The summed E-state index contributed by atoms with van der Waals surface area (Å²) in [6, 6.07) is 0. The smallest absolute Gasteiger partial charge is 0.335 e. The molecule has 0 unspecified atom stereocenters. The number of hydrogen-bond acceptors (Lipinski definition) is 34. The SMILES string of the molecule is COCCOCCOCCC(=O)NC(COCCC(=O)NCCOCCOCCOCCOCCC(=O)ON1C(=O)CCC1=O)(COCCC(=O)NCCOCCOCCOCCOCCC(=O)ON1C(=O)CCC1=O)COCCC(=O)NCCOCCOCCOCCOCCC(=O)ON1C(=O)CCC1=O. The molecule has 41 heteroatoms. The third-order valence-corrected chi connectivity index (χ3v) is 14.2. The number of methoxy groups -OCH3 is 1. The van der Waals surface area contributed by atoms with Gasteiger partial charge in [-0.25, -0.2) is 14.4 Å². The van der Waals surface area contributed by atoms with Crippen molar-refractivity contribution in [3.8, 4) is 0 Å². The zero-order valence-corrected chi connectivity index (χ0v) is 61.3. The van der Waals surface area contributed by atoms with E-state index in [2.05, 4.69) is 21.3 Å². The number of carbonyl (C=O) groups is 13. The summed E-state index contributed by atoms with van der Waals surface area (Å²) in [4.78, 5) is 172. The average Bonchev–Trinajstić information content (AvgIpc) is 1.49. The summed E-state index contributed by atoms with van der Waals surface area (Å²) >= 11 is 0. The Labute approximate surface area is 620 Å². The maximum Gasteiger partial charge on any atom is 0.335 e. The second-order valence-electron chi connectivity index (χ2n) is 23.0. The molecule has 3 heterocycles. The summed E-state index contributed by atoms with van der Waals surface area (Å²) in [6.45, 7) is 5.87. The number of carbonyl (C=O) groups excluding carboxylic acids is 13. The first-order valence-electron chi connectivity index (χ1n) is 35.6. The van der Waals surface area contributed by atoms with Gasteiger partial charge in [0.05, 0.1) is 251 Å². The van der Waals surface area contributed by atoms with Crippen LogP contribution in [0.15, 0.2) is 0 Å². The van der Waals surface area contributed by atoms with E-state index < -0.39 is 64.8 Å². The van der Waals surface area contributed by atoms with Crippen molar-refractivity contribution in [2.24, 2.45) is 0 Å². The van der Waals surface area contributed by atoms with Gasteiger partial charge in [-0.2, -0.15) is 0 Å². The molecule has 4 N–H and O–H groups in total. The lowest BCUT2D eigenvalue weighted by Crippen LogP contribution is -2.59. The first-order chi connectivity index (χ1) is 52.0. The fraction of sp³-hybridized carbons (Fsp3) is 0.803. The quantitative estimate of drug-likeness (QED) is 0.0342. The molecule has 3 fully saturated rings. The summed E-state index contributed by atoms with van der Waals surface area (Å²) in [7, 11) is 1.55. The molecule has 0 saturated carbocycles. The van der Waals surface area contributed by atoms with Crippen LogP contribution in [0, 0.1) is 0 Å². The number of ether oxygens (including phenoxy) is 18. The van der Waals surface area contributed by atoms with Gasteiger partial charge in [0.25, 0.3) is 35.4 Å². The Hall–Kier alpha value is -7.01. The monoisotopic (exact) mass is 1540 g/mol. The maximum atomic E-state index is 13.6. The largest absolute Gasteiger partial charge is 0.382 e. The topological polar surface area (TPSA) is 474 Å². The number of nitrogens with zero attached hydrogens (tertiary/aromatic N) is 3. The Kier molecular flexibility index (Phi) is 55.3. The van der Waals surface area contributed by atoms with Crippen LogP contribution in [-0.2, 0) is 162 Å². The molecule has 3 aliphatic rings. The van der Waals surface area contributed by atoms with Crippen LogP contribution in [0.25, 0.3) is 0 Å². The van der Waals surface area contributed by atoms with Crippen LogP contribution in [0.2, 0.25) is 0 Å². The number of amides is 10. The van der Waals surface area contributed by atoms with Crippen molar-refractivity contribution in [1.82, 2.24) is 36.5 Å². The second-order valence-corrected chi connectivity index (χ2v) is 23.0. The molecule has 3 rings (SSSR count). The normalized spacial score (nSPS) is 13.9. The Morgan fingerprint density at radius 1 is 0.262 bits per heavy atom. The van der Waals surface area contributed by atoms with Crippen LogP contribution in [0.3, 0.4) is 0 Å². The minimum Gasteiger partial charge on any atom is -0.382 e. The van der Waals surface area contributed by atoms with E-state index in [0.29, 0.717) is 28.4 Å². The van der Waals surface area contributed by atoms with Gasteiger partial charge in [-0.05, 0) is 0 Å². The molecule has 3 aliphatic heterocycles. The molecule has 0 aromatic rings. The highest BCUT2D eigenvalue weighted by molar-refractivity contribution is 6.03. The molecule has 0 bridgehead atoms. The first-order valence-corrected chi connectivity index (χ1v) is 35.6. The third kappa shape index (κ3) is 49.6. The first kappa shape index (κ1) is 94.2. The second kappa shape index (κ2) is 62.8. The van der Waals surface area contributed by atoms with Crippen LogP contribution >= 0.6 is 0 Å². The van der Waals surface area contributed by atoms with E-state index in [9.17, 15) is 62.3 Å². The van der Waals surface area contributed by atoms with Gasteiger partial charge in [0, 0.05) is 91.0 Å². The van der Waals surface area contributed by atoms with Gasteiger partial charge < -0.3 is 121 Å². The van der Waals surface area contributed by atoms with E-state index in [-0.39, 0.29) is 339 Å². The molecule has 10 amide bonds. The molecule has 0 atom stereocenters. The predicted octanol–water partition coefficient (Wildman–Crippen LogP) is -3.33. The molecule has 41 nitrogen and oxygen atoms in total. The van der Waals surface area contributed by atoms with Gasteiger partial charge >= 0.3 is 17.9 Å². The van der Waals surface area contributed by atoms with E-state index in [0.717, 1.165) is 0 Å². The molecule has 0 spiro atoms. The number of imide groups is 3. The van der Waals surface area contributed by atoms with Gasteiger partial charge in [-0.3, -0.25) is 47.9 Å². The number of rotatable bonds is 73. The molecule has 107 heavy (non-hydrogen) atoms. The van der Waals surface area contributed by atoms with Crippen LogP contribution in [0.4, 0.5) is 0 Å². The summed E-state index contributed by atoms with van der Waals surface area (Å²) in [6.07, 6.45) is -0.736. The highest BCUT2D eigenvalue weighted by Gasteiger charge is 2.36. The van der Waals surface area contributed by atoms with E-state index in [1.165, 1.54) is 0 Å². The van der Waals surface area contributed by atoms with E-state index in [1.54, 1.807) is 7.11 Å². The molecule has 0 aromatic heterocycles. The zero-order valence-electron chi connectivity index (χ0n) is 61.3. The van der Waals surface area contributed by atoms with E-state index >= 15 is 0 Å². The molecule has 0 aromatic carbocycles. The Bertz CT molecular complexity index is 2290. The van der Waals surface area contributed by atoms with Crippen molar-refractivity contribution in [3.63, 3.8) is 0 Å². The van der Waals surface area contributed by atoms with Gasteiger partial charge in [0.15, 0.2) is 0 Å². The summed E-state index contributed by atoms with van der Waals surface area (Å²) in [5.41, 5.74) is -1.41. The van der Waals surface area contributed by atoms with Crippen molar-refractivity contribution in [1.29, 1.82) is 0 Å². The van der Waals surface area contributed by atoms with E-state index in [1.807, 2.05) is 0 Å². The summed E-state index contributed by atoms with van der Waals surface area (Å²) in [5.74, 6) is -7.16. The molecule has 612 valence electrons. The molecule has 3 saturated heterocycles. The molecule has 0 aliphatic carbocycles. The lowest BCUT2D eigenvalue weighted by Gasteiger charge is -2.34. The number of hydroxylamine groups is 6. The Morgan fingerprint density at radius 3 is 0.701 bits per heavy atom. The minimum absolute atomic E-state index is 0.00454. The van der Waals surface area contributed by atoms with Crippen LogP contribution in [0.1, 0.15) is 83.5 Å². The average molecular weight is 1540 g/mol. The lowest BCUT2D eigenvalue weighted by atomic mass is 10.0. The highest BCUT2D eigenvalue weighted by atomic mass is 16.7. The lowest BCUT2D eigenvalue weighted by molar-refractivity contribution is -0.198. The van der Waals surface area contributed by atoms with E-state index in [4.69, 9.17) is 99.8 Å². The van der Waals surface area contributed by atoms with Crippen molar-refractivity contribution in [2.45, 2.75) is 89.0 Å². The van der Waals surface area contributed by atoms with Crippen LogP contribution in [0.5, 0.6) is 0 Å². The van der Waals surface area contributed by atoms with Crippen molar-refractivity contribution in [2.75, 3.05) is 258 Å². The summed E-state index contributed by atoms with van der Waals surface area (Å²) in [5, 5.41) is 12.7. The fourth-order valence-corrected chi connectivity index (χ4v) is 8.74. The molecular formula is C66H109N7O34. The highest BCUT2D eigenvalue weighted by Crippen LogP contribution is 2.16. The van der Waals surface area contributed by atoms with Gasteiger partial charge in [0.2, 0.25) is 23.6 Å². The molecular weight excluding hydrogens is 1430 g/mol. The van der Waals surface area contributed by atoms with Crippen molar-refractivity contribution < 1.29 is 162 Å². The number of nitrogens with one attached hydrogen (secondary N) is 4. The minimum atomic E-state index is -1.41. The standard InChI is InChI=1S/C66H109N7O34/c1-87-28-29-95-37-30-88-18-11-56(77)70-66(50-102-19-8-53(74)67-15-25-92-34-41-99-47-44-96-38-31-89-22-12-63(84)105-71-57(78)2-3-58(71)79,51-103-20-9-54(75)68-16-26-93-35-42-100-48-45-97-39-32-90-23-13-64(85)106-72-59(80)4-5-60(72)81)52-104-21-10-55(76)69-17-27-94-36-43-101-49-46-98-40-33-91-24-14-65(86)107-73-61(82)6-7-62(73)83/h2-52H2,1H3,(H,67,74)(H,68,75)(H,69,76)(H,70,77).